The zero-order valence-electron chi connectivity index (χ0n) is 11.6. The van der Waals surface area contributed by atoms with Gasteiger partial charge >= 0.3 is 0 Å². The molecule has 1 amide bonds. The summed E-state index contributed by atoms with van der Waals surface area (Å²) in [6.45, 7) is 5.04. The fourth-order valence-electron chi connectivity index (χ4n) is 2.18. The molecule has 0 spiro atoms. The Morgan fingerprint density at radius 2 is 2.21 bits per heavy atom. The molecule has 0 radical (unpaired) electrons. The second kappa shape index (κ2) is 5.28. The molecule has 6 heteroatoms. The van der Waals surface area contributed by atoms with Gasteiger partial charge in [0, 0.05) is 5.41 Å². The highest BCUT2D eigenvalue weighted by atomic mass is 16.3. The molecule has 1 aromatic rings. The first kappa shape index (κ1) is 14.0. The number of hydrogen-bond acceptors (Lipinski definition) is 4. The van der Waals surface area contributed by atoms with E-state index >= 15 is 0 Å². The van der Waals surface area contributed by atoms with Gasteiger partial charge in [0.2, 0.25) is 0 Å². The molecule has 0 unspecified atom stereocenters. The number of aliphatic hydroxyl groups excluding tert-OH is 1. The van der Waals surface area contributed by atoms with Crippen LogP contribution in [0.3, 0.4) is 0 Å². The van der Waals surface area contributed by atoms with Crippen molar-refractivity contribution in [3.05, 3.63) is 11.4 Å². The quantitative estimate of drug-likeness (QED) is 0.761. The van der Waals surface area contributed by atoms with Gasteiger partial charge in [-0.2, -0.15) is 0 Å². The fourth-order valence-corrected chi connectivity index (χ4v) is 2.18. The molecule has 2 rings (SSSR count). The average Bonchev–Trinajstić information content (AvgIpc) is 3.00. The van der Waals surface area contributed by atoms with Crippen LogP contribution in [0.5, 0.6) is 0 Å². The van der Waals surface area contributed by atoms with E-state index in [4.69, 9.17) is 5.73 Å². The Kier molecular flexibility index (Phi) is 3.89. The summed E-state index contributed by atoms with van der Waals surface area (Å²) >= 11 is 0. The van der Waals surface area contributed by atoms with Crippen molar-refractivity contribution < 1.29 is 9.90 Å². The van der Waals surface area contributed by atoms with E-state index in [2.05, 4.69) is 24.2 Å². The van der Waals surface area contributed by atoms with Crippen molar-refractivity contribution in [1.82, 2.24) is 15.0 Å². The number of primary amides is 1. The number of aliphatic hydroxyl groups is 1. The maximum absolute atomic E-state index is 11.4. The molecule has 1 aliphatic rings. The van der Waals surface area contributed by atoms with Crippen LogP contribution < -0.4 is 5.73 Å². The van der Waals surface area contributed by atoms with E-state index in [1.54, 1.807) is 4.68 Å². The van der Waals surface area contributed by atoms with Crippen molar-refractivity contribution in [3.8, 4) is 0 Å². The molecule has 3 N–H and O–H groups in total. The first-order valence-corrected chi connectivity index (χ1v) is 6.80. The number of carbonyl (C=O) groups excluding carboxylic acids is 1. The molecule has 1 saturated carbocycles. The van der Waals surface area contributed by atoms with Gasteiger partial charge in [-0.15, -0.1) is 5.10 Å². The van der Waals surface area contributed by atoms with Crippen LogP contribution in [0.25, 0.3) is 0 Å². The monoisotopic (exact) mass is 266 g/mol. The van der Waals surface area contributed by atoms with E-state index in [0.717, 1.165) is 31.4 Å². The highest BCUT2D eigenvalue weighted by molar-refractivity contribution is 5.91. The Hall–Kier alpha value is -1.43. The molecule has 1 aromatic heterocycles. The average molecular weight is 266 g/mol. The maximum atomic E-state index is 11.4. The Balaban J connectivity index is 2.19. The van der Waals surface area contributed by atoms with E-state index in [1.807, 2.05) is 0 Å². The van der Waals surface area contributed by atoms with Crippen molar-refractivity contribution in [1.29, 1.82) is 0 Å². The smallest absolute Gasteiger partial charge is 0.271 e. The lowest BCUT2D eigenvalue weighted by atomic mass is 10.0. The maximum Gasteiger partial charge on any atom is 0.271 e. The van der Waals surface area contributed by atoms with Crippen LogP contribution in [0.2, 0.25) is 0 Å². The van der Waals surface area contributed by atoms with Crippen LogP contribution in [0.1, 0.15) is 49.3 Å². The molecule has 0 aliphatic heterocycles. The van der Waals surface area contributed by atoms with Crippen LogP contribution in [-0.4, -0.2) is 32.6 Å². The minimum Gasteiger partial charge on any atom is -0.396 e. The number of nitrogens with zero attached hydrogens (tertiary/aromatic N) is 3. The molecule has 1 heterocycles. The molecule has 6 nitrogen and oxygen atoms in total. The Labute approximate surface area is 113 Å². The van der Waals surface area contributed by atoms with E-state index in [0.29, 0.717) is 12.5 Å². The van der Waals surface area contributed by atoms with Gasteiger partial charge < -0.3 is 10.8 Å². The lowest BCUT2D eigenvalue weighted by Gasteiger charge is -2.14. The lowest BCUT2D eigenvalue weighted by molar-refractivity contribution is 0.0994. The van der Waals surface area contributed by atoms with Gasteiger partial charge in [-0.1, -0.05) is 19.1 Å². The van der Waals surface area contributed by atoms with Gasteiger partial charge in [-0.05, 0) is 31.6 Å². The van der Waals surface area contributed by atoms with E-state index < -0.39 is 5.91 Å². The Bertz CT molecular complexity index is 463. The predicted molar refractivity (Wildman–Crippen MR) is 70.5 cm³/mol. The van der Waals surface area contributed by atoms with Crippen molar-refractivity contribution in [3.63, 3.8) is 0 Å². The summed E-state index contributed by atoms with van der Waals surface area (Å²) < 4.78 is 1.76. The summed E-state index contributed by atoms with van der Waals surface area (Å²) in [5, 5.41) is 17.3. The number of hydrogen-bond donors (Lipinski definition) is 2. The third-order valence-electron chi connectivity index (χ3n) is 3.81. The SMILES string of the molecule is CC(C)CCc1c(C(N)=O)nnn1CC1(CO)CC1. The summed E-state index contributed by atoms with van der Waals surface area (Å²) in [6, 6.07) is 0. The van der Waals surface area contributed by atoms with Gasteiger partial charge in [0.05, 0.1) is 18.8 Å². The standard InChI is InChI=1S/C13H22N4O2/c1-9(2)3-4-10-11(12(14)19)15-16-17(10)7-13(8-18)5-6-13/h9,18H,3-8H2,1-2H3,(H2,14,19). The topological polar surface area (TPSA) is 94.0 Å². The van der Waals surface area contributed by atoms with Crippen LogP contribution in [0.15, 0.2) is 0 Å². The number of carbonyl (C=O) groups is 1. The van der Waals surface area contributed by atoms with Gasteiger partial charge in [0.25, 0.3) is 5.91 Å². The van der Waals surface area contributed by atoms with Crippen LogP contribution in [0, 0.1) is 11.3 Å². The summed E-state index contributed by atoms with van der Waals surface area (Å²) in [5.74, 6) is 0.00987. The van der Waals surface area contributed by atoms with Crippen molar-refractivity contribution >= 4 is 5.91 Å². The molecule has 0 saturated heterocycles. The molecular weight excluding hydrogens is 244 g/mol. The highest BCUT2D eigenvalue weighted by Gasteiger charge is 2.43. The first-order valence-electron chi connectivity index (χ1n) is 6.80. The van der Waals surface area contributed by atoms with E-state index in [9.17, 15) is 9.90 Å². The summed E-state index contributed by atoms with van der Waals surface area (Å²) in [6.07, 6.45) is 3.70. The number of rotatable bonds is 7. The molecule has 1 aliphatic carbocycles. The van der Waals surface area contributed by atoms with Crippen molar-refractivity contribution in [2.24, 2.45) is 17.1 Å². The Morgan fingerprint density at radius 3 is 2.68 bits per heavy atom. The third-order valence-corrected chi connectivity index (χ3v) is 3.81. The second-order valence-electron chi connectivity index (χ2n) is 6.00. The van der Waals surface area contributed by atoms with Gasteiger partial charge in [0.15, 0.2) is 5.69 Å². The molecular formula is C13H22N4O2. The second-order valence-corrected chi connectivity index (χ2v) is 6.00. The molecule has 0 atom stereocenters. The summed E-state index contributed by atoms with van der Waals surface area (Å²) in [5.41, 5.74) is 6.36. The van der Waals surface area contributed by atoms with Crippen LogP contribution >= 0.6 is 0 Å². The minimum absolute atomic E-state index is 0.0603. The lowest BCUT2D eigenvalue weighted by Crippen LogP contribution is -2.20. The highest BCUT2D eigenvalue weighted by Crippen LogP contribution is 2.46. The van der Waals surface area contributed by atoms with Crippen molar-refractivity contribution in [2.75, 3.05) is 6.61 Å². The number of amides is 1. The van der Waals surface area contributed by atoms with E-state index in [-0.39, 0.29) is 17.7 Å². The molecule has 19 heavy (non-hydrogen) atoms. The van der Waals surface area contributed by atoms with Crippen LogP contribution in [0.4, 0.5) is 0 Å². The fraction of sp³-hybridized carbons (Fsp3) is 0.769. The molecule has 1 fully saturated rings. The Morgan fingerprint density at radius 1 is 1.53 bits per heavy atom. The summed E-state index contributed by atoms with van der Waals surface area (Å²) in [4.78, 5) is 11.4. The molecule has 0 aromatic carbocycles. The van der Waals surface area contributed by atoms with E-state index in [1.165, 1.54) is 0 Å². The van der Waals surface area contributed by atoms with Gasteiger partial charge in [-0.25, -0.2) is 4.68 Å². The largest absolute Gasteiger partial charge is 0.396 e. The van der Waals surface area contributed by atoms with Gasteiger partial charge in [-0.3, -0.25) is 4.79 Å². The van der Waals surface area contributed by atoms with Crippen molar-refractivity contribution in [2.45, 2.75) is 46.1 Å². The minimum atomic E-state index is -0.529. The predicted octanol–water partition coefficient (Wildman–Crippen LogP) is 0.738. The normalized spacial score (nSPS) is 16.8. The van der Waals surface area contributed by atoms with Crippen LogP contribution in [-0.2, 0) is 13.0 Å². The number of aromatic nitrogens is 3. The summed E-state index contributed by atoms with van der Waals surface area (Å²) in [7, 11) is 0. The third kappa shape index (κ3) is 3.12. The zero-order valence-corrected chi connectivity index (χ0v) is 11.6. The zero-order chi connectivity index (χ0) is 14.0. The first-order chi connectivity index (χ1) is 8.97. The van der Waals surface area contributed by atoms with Gasteiger partial charge in [0.1, 0.15) is 0 Å². The molecule has 0 bridgehead atoms. The number of nitrogens with two attached hydrogens (primary N) is 1. The molecule has 106 valence electrons.